The smallest absolute Gasteiger partial charge is 0.323 e. The van der Waals surface area contributed by atoms with Gasteiger partial charge in [-0.3, -0.25) is 9.69 Å². The Labute approximate surface area is 169 Å². The molecule has 0 unspecified atom stereocenters. The summed E-state index contributed by atoms with van der Waals surface area (Å²) in [6.45, 7) is 0.349. The fourth-order valence-electron chi connectivity index (χ4n) is 2.74. The lowest BCUT2D eigenvalue weighted by atomic mass is 10.1. The normalized spacial score (nSPS) is 11.7. The van der Waals surface area contributed by atoms with Crippen molar-refractivity contribution in [1.29, 1.82) is 0 Å². The third-order valence-corrected chi connectivity index (χ3v) is 4.28. The molecule has 0 spiro atoms. The third kappa shape index (κ3) is 5.55. The van der Waals surface area contributed by atoms with Crippen LogP contribution in [0.25, 0.3) is 5.69 Å². The van der Waals surface area contributed by atoms with Crippen LogP contribution < -0.4 is 5.32 Å². The maximum Gasteiger partial charge on any atom is 0.416 e. The minimum absolute atomic E-state index is 0.0321. The number of aromatic nitrogens is 3. The average molecular weight is 424 g/mol. The first-order valence-corrected chi connectivity index (χ1v) is 8.89. The summed E-state index contributed by atoms with van der Waals surface area (Å²) in [5.74, 6) is -0.303. The van der Waals surface area contributed by atoms with Gasteiger partial charge in [-0.1, -0.05) is 23.7 Å². The van der Waals surface area contributed by atoms with Crippen molar-refractivity contribution in [2.75, 3.05) is 18.9 Å². The second kappa shape index (κ2) is 8.62. The zero-order valence-electron chi connectivity index (χ0n) is 15.3. The first-order valence-electron chi connectivity index (χ1n) is 8.51. The highest BCUT2D eigenvalue weighted by atomic mass is 35.5. The van der Waals surface area contributed by atoms with Gasteiger partial charge in [0, 0.05) is 11.6 Å². The van der Waals surface area contributed by atoms with Crippen LogP contribution in [0.3, 0.4) is 0 Å². The Kier molecular flexibility index (Phi) is 6.19. The Morgan fingerprint density at radius 2 is 1.93 bits per heavy atom. The lowest BCUT2D eigenvalue weighted by Gasteiger charge is -2.18. The van der Waals surface area contributed by atoms with E-state index in [-0.39, 0.29) is 12.5 Å². The molecular weight excluding hydrogens is 407 g/mol. The molecule has 10 heteroatoms. The first-order chi connectivity index (χ1) is 13.7. The molecular formula is C19H17ClF3N5O. The maximum atomic E-state index is 12.6. The van der Waals surface area contributed by atoms with Crippen LogP contribution in [0.2, 0.25) is 5.02 Å². The van der Waals surface area contributed by atoms with E-state index < -0.39 is 11.7 Å². The molecule has 0 aliphatic rings. The molecule has 0 bridgehead atoms. The Morgan fingerprint density at radius 3 is 2.55 bits per heavy atom. The van der Waals surface area contributed by atoms with Gasteiger partial charge >= 0.3 is 6.18 Å². The molecule has 29 heavy (non-hydrogen) atoms. The molecule has 3 rings (SSSR count). The van der Waals surface area contributed by atoms with Gasteiger partial charge in [-0.05, 0) is 42.9 Å². The summed E-state index contributed by atoms with van der Waals surface area (Å²) in [6.07, 6.45) is -1.50. The van der Waals surface area contributed by atoms with Crippen molar-refractivity contribution >= 4 is 23.2 Å². The van der Waals surface area contributed by atoms with Gasteiger partial charge < -0.3 is 5.32 Å². The van der Waals surface area contributed by atoms with Crippen molar-refractivity contribution in [3.05, 3.63) is 71.3 Å². The molecule has 0 saturated heterocycles. The summed E-state index contributed by atoms with van der Waals surface area (Å²) in [6, 6.07) is 9.84. The Hall–Kier alpha value is -2.91. The quantitative estimate of drug-likeness (QED) is 0.650. The third-order valence-electron chi connectivity index (χ3n) is 4.05. The molecule has 0 atom stereocenters. The van der Waals surface area contributed by atoms with Crippen molar-refractivity contribution in [1.82, 2.24) is 19.7 Å². The monoisotopic (exact) mass is 423 g/mol. The number of benzene rings is 2. The number of carbonyl (C=O) groups is 1. The molecule has 1 aromatic heterocycles. The largest absolute Gasteiger partial charge is 0.416 e. The summed E-state index contributed by atoms with van der Waals surface area (Å²) in [5.41, 5.74) is 1.03. The lowest BCUT2D eigenvalue weighted by molar-refractivity contribution is -0.137. The molecule has 0 radical (unpaired) electrons. The van der Waals surface area contributed by atoms with Crippen molar-refractivity contribution in [3.63, 3.8) is 0 Å². The molecule has 152 valence electrons. The first kappa shape index (κ1) is 20.8. The molecule has 1 amide bonds. The molecule has 1 heterocycles. The minimum Gasteiger partial charge on any atom is -0.323 e. The average Bonchev–Trinajstić information content (AvgIpc) is 3.15. The number of nitrogens with one attached hydrogen (secondary N) is 1. The topological polar surface area (TPSA) is 63.1 Å². The second-order valence-corrected chi connectivity index (χ2v) is 6.85. The number of alkyl halides is 3. The van der Waals surface area contributed by atoms with Crippen molar-refractivity contribution in [2.24, 2.45) is 0 Å². The van der Waals surface area contributed by atoms with Crippen molar-refractivity contribution < 1.29 is 18.0 Å². The molecule has 2 aromatic carbocycles. The number of likely N-dealkylation sites (N-methyl/N-ethyl adjacent to an activating group) is 1. The predicted molar refractivity (Wildman–Crippen MR) is 103 cm³/mol. The number of rotatable bonds is 6. The summed E-state index contributed by atoms with van der Waals surface area (Å²) >= 11 is 6.03. The van der Waals surface area contributed by atoms with E-state index in [9.17, 15) is 18.0 Å². The fraction of sp³-hybridized carbons (Fsp3) is 0.211. The van der Waals surface area contributed by atoms with Crippen LogP contribution in [0.5, 0.6) is 0 Å². The molecule has 0 saturated carbocycles. The Morgan fingerprint density at radius 1 is 1.21 bits per heavy atom. The van der Waals surface area contributed by atoms with Crippen LogP contribution in [-0.4, -0.2) is 39.2 Å². The summed E-state index contributed by atoms with van der Waals surface area (Å²) < 4.78 is 39.4. The summed E-state index contributed by atoms with van der Waals surface area (Å²) in [4.78, 5) is 18.0. The molecule has 0 aliphatic heterocycles. The van der Waals surface area contributed by atoms with E-state index in [2.05, 4.69) is 15.4 Å². The molecule has 0 fully saturated rings. The predicted octanol–water partition coefficient (Wildman–Crippen LogP) is 4.01. The zero-order chi connectivity index (χ0) is 21.0. The van der Waals surface area contributed by atoms with Gasteiger partial charge in [0.15, 0.2) is 0 Å². The van der Waals surface area contributed by atoms with Crippen molar-refractivity contribution in [2.45, 2.75) is 12.7 Å². The van der Waals surface area contributed by atoms with E-state index in [0.29, 0.717) is 28.5 Å². The molecule has 1 N–H and O–H groups in total. The second-order valence-electron chi connectivity index (χ2n) is 6.42. The molecule has 0 aliphatic carbocycles. The van der Waals surface area contributed by atoms with E-state index in [0.717, 1.165) is 12.1 Å². The number of hydrogen-bond donors (Lipinski definition) is 1. The summed E-state index contributed by atoms with van der Waals surface area (Å²) in [7, 11) is 1.70. The number of amides is 1. The van der Waals surface area contributed by atoms with Crippen LogP contribution >= 0.6 is 11.6 Å². The van der Waals surface area contributed by atoms with E-state index in [1.54, 1.807) is 30.1 Å². The highest BCUT2D eigenvalue weighted by Crippen LogP contribution is 2.29. The minimum atomic E-state index is -4.37. The maximum absolute atomic E-state index is 12.6. The van der Waals surface area contributed by atoms with Gasteiger partial charge in [0.2, 0.25) is 5.91 Å². The van der Waals surface area contributed by atoms with Crippen LogP contribution in [-0.2, 0) is 17.5 Å². The van der Waals surface area contributed by atoms with Gasteiger partial charge in [-0.25, -0.2) is 9.67 Å². The lowest BCUT2D eigenvalue weighted by Crippen LogP contribution is -2.30. The van der Waals surface area contributed by atoms with E-state index >= 15 is 0 Å². The van der Waals surface area contributed by atoms with Crippen molar-refractivity contribution in [3.8, 4) is 5.69 Å². The number of halogens is 4. The van der Waals surface area contributed by atoms with Crippen LogP contribution in [0, 0.1) is 0 Å². The Balaban J connectivity index is 1.63. The van der Waals surface area contributed by atoms with E-state index in [1.165, 1.54) is 29.5 Å². The van der Waals surface area contributed by atoms with Gasteiger partial charge in [0.05, 0.1) is 23.5 Å². The van der Waals surface area contributed by atoms with Crippen LogP contribution in [0.1, 0.15) is 11.1 Å². The molecule has 3 aromatic rings. The SMILES string of the molecule is CN(CC(=O)Nc1cc(Cl)ccc1-n1cncn1)Cc1ccc(C(F)(F)F)cc1. The van der Waals surface area contributed by atoms with Gasteiger partial charge in [-0.15, -0.1) is 0 Å². The van der Waals surface area contributed by atoms with Gasteiger partial charge in [0.25, 0.3) is 0 Å². The highest BCUT2D eigenvalue weighted by molar-refractivity contribution is 6.31. The molecule has 6 nitrogen and oxygen atoms in total. The van der Waals surface area contributed by atoms with E-state index in [1.807, 2.05) is 0 Å². The van der Waals surface area contributed by atoms with Crippen LogP contribution in [0.4, 0.5) is 18.9 Å². The number of nitrogens with zero attached hydrogens (tertiary/aromatic N) is 4. The van der Waals surface area contributed by atoms with Gasteiger partial charge in [0.1, 0.15) is 12.7 Å². The fourth-order valence-corrected chi connectivity index (χ4v) is 2.91. The van der Waals surface area contributed by atoms with Crippen LogP contribution in [0.15, 0.2) is 55.1 Å². The zero-order valence-corrected chi connectivity index (χ0v) is 16.1. The van der Waals surface area contributed by atoms with Gasteiger partial charge in [-0.2, -0.15) is 18.3 Å². The number of anilines is 1. The number of hydrogen-bond acceptors (Lipinski definition) is 4. The van der Waals surface area contributed by atoms with E-state index in [4.69, 9.17) is 11.6 Å². The highest BCUT2D eigenvalue weighted by Gasteiger charge is 2.29. The summed E-state index contributed by atoms with van der Waals surface area (Å²) in [5, 5.41) is 7.28. The number of carbonyl (C=O) groups excluding carboxylic acids is 1. The Bertz CT molecular complexity index is 975. The standard InChI is InChI=1S/C19H17ClF3N5O/c1-27(9-13-2-4-14(5-3-13)19(21,22)23)10-18(29)26-16-8-15(20)6-7-17(16)28-12-24-11-25-28/h2-8,11-12H,9-10H2,1H3,(H,26,29).